The zero-order chi connectivity index (χ0) is 21.4. The minimum atomic E-state index is -1.37. The molecule has 30 heavy (non-hydrogen) atoms. The van der Waals surface area contributed by atoms with Gasteiger partial charge in [0, 0.05) is 6.54 Å². The number of anilines is 1. The predicted octanol–water partition coefficient (Wildman–Crippen LogP) is 1.88. The van der Waals surface area contributed by atoms with Crippen LogP contribution >= 0.6 is 11.6 Å². The minimum absolute atomic E-state index is 0.0577. The number of nitrogens with one attached hydrogen (secondary N) is 1. The zero-order valence-corrected chi connectivity index (χ0v) is 16.7. The highest BCUT2D eigenvalue weighted by atomic mass is 35.5. The molecule has 4 atom stereocenters. The molecule has 0 saturated heterocycles. The number of rotatable bonds is 4. The fourth-order valence-electron chi connectivity index (χ4n) is 3.68. The summed E-state index contributed by atoms with van der Waals surface area (Å²) >= 11 is 5.77. The average molecular weight is 431 g/mol. The summed E-state index contributed by atoms with van der Waals surface area (Å²) in [6, 6.07) is 4.31. The van der Waals surface area contributed by atoms with Crippen molar-refractivity contribution in [3.8, 4) is 11.8 Å². The largest absolute Gasteiger partial charge is 0.481 e. The van der Waals surface area contributed by atoms with Crippen LogP contribution in [0, 0.1) is 17.8 Å². The summed E-state index contributed by atoms with van der Waals surface area (Å²) in [5.41, 5.74) is 2.11. The van der Waals surface area contributed by atoms with Gasteiger partial charge in [-0.3, -0.25) is 4.79 Å². The van der Waals surface area contributed by atoms with Crippen LogP contribution in [0.3, 0.4) is 0 Å². The molecule has 4 rings (SSSR count). The number of carboxylic acid groups (broad SMARTS) is 1. The minimum Gasteiger partial charge on any atom is -0.481 e. The molecule has 1 aliphatic rings. The van der Waals surface area contributed by atoms with E-state index in [1.807, 2.05) is 6.92 Å². The molecular weight excluding hydrogens is 412 g/mol. The van der Waals surface area contributed by atoms with E-state index in [0.29, 0.717) is 34.9 Å². The van der Waals surface area contributed by atoms with Gasteiger partial charge >= 0.3 is 5.97 Å². The molecule has 4 N–H and O–H groups in total. The van der Waals surface area contributed by atoms with E-state index < -0.39 is 30.1 Å². The Morgan fingerprint density at radius 3 is 2.80 bits per heavy atom. The van der Waals surface area contributed by atoms with Crippen molar-refractivity contribution in [1.29, 1.82) is 0 Å². The Morgan fingerprint density at radius 2 is 2.17 bits per heavy atom. The number of carboxylic acids is 1. The van der Waals surface area contributed by atoms with Crippen molar-refractivity contribution in [3.63, 3.8) is 0 Å². The lowest BCUT2D eigenvalue weighted by Gasteiger charge is -2.18. The highest BCUT2D eigenvalue weighted by Crippen LogP contribution is 2.37. The number of aliphatic carboxylic acids is 1. The van der Waals surface area contributed by atoms with E-state index in [2.05, 4.69) is 27.1 Å². The smallest absolute Gasteiger partial charge is 0.309 e. The normalized spacial score (nSPS) is 23.3. The number of aliphatic hydroxyl groups is 2. The number of aliphatic hydroxyl groups excluding tert-OH is 2. The zero-order valence-electron chi connectivity index (χ0n) is 15.9. The van der Waals surface area contributed by atoms with Gasteiger partial charge in [0.05, 0.1) is 30.1 Å². The number of halogens is 1. The molecule has 1 saturated carbocycles. The van der Waals surface area contributed by atoms with Gasteiger partial charge in [-0.2, -0.15) is 0 Å². The summed E-state index contributed by atoms with van der Waals surface area (Å²) in [6.07, 6.45) is -1.08. The number of imidazole rings is 1. The Hall–Kier alpha value is -3.06. The highest BCUT2D eigenvalue weighted by molar-refractivity contribution is 6.28. The molecule has 156 valence electrons. The maximum Gasteiger partial charge on any atom is 0.309 e. The first-order valence-electron chi connectivity index (χ1n) is 9.36. The van der Waals surface area contributed by atoms with Gasteiger partial charge in [0.1, 0.15) is 17.3 Å². The van der Waals surface area contributed by atoms with Gasteiger partial charge < -0.3 is 29.6 Å². The van der Waals surface area contributed by atoms with Gasteiger partial charge in [-0.25, -0.2) is 9.97 Å². The number of furan rings is 1. The Labute approximate surface area is 176 Å². The van der Waals surface area contributed by atoms with Crippen molar-refractivity contribution in [2.75, 3.05) is 11.9 Å². The van der Waals surface area contributed by atoms with Gasteiger partial charge in [0.2, 0.25) is 0 Å². The molecule has 3 aromatic heterocycles. The maximum absolute atomic E-state index is 11.4. The summed E-state index contributed by atoms with van der Waals surface area (Å²) in [6.45, 7) is 2.58. The van der Waals surface area contributed by atoms with Crippen molar-refractivity contribution in [3.05, 3.63) is 41.2 Å². The third-order valence-corrected chi connectivity index (χ3v) is 5.31. The van der Waals surface area contributed by atoms with E-state index >= 15 is 0 Å². The summed E-state index contributed by atoms with van der Waals surface area (Å²) in [5, 5.41) is 33.3. The fourth-order valence-corrected chi connectivity index (χ4v) is 3.82. The van der Waals surface area contributed by atoms with Gasteiger partial charge in [-0.05, 0) is 55.0 Å². The van der Waals surface area contributed by atoms with Crippen LogP contribution in [0.1, 0.15) is 30.8 Å². The van der Waals surface area contributed by atoms with Crippen LogP contribution in [-0.2, 0) is 4.79 Å². The molecule has 0 amide bonds. The number of aromatic nitrogens is 3. The second-order valence-electron chi connectivity index (χ2n) is 6.99. The maximum atomic E-state index is 11.4. The molecule has 9 nitrogen and oxygen atoms in total. The number of fused-ring (bicyclic) bond motifs is 1. The SMILES string of the molecule is CCNc1cc(C#Cc2ccc(Cl)o2)nc2c1ncn2[C@@H]1C[C@H](C(=O)O)[C@@H](O)[C@H]1O. The van der Waals surface area contributed by atoms with E-state index in [-0.39, 0.29) is 11.6 Å². The molecule has 0 bridgehead atoms. The fraction of sp³-hybridized carbons (Fsp3) is 0.350. The van der Waals surface area contributed by atoms with Crippen LogP contribution in [0.15, 0.2) is 28.9 Å². The molecular formula is C20H19ClN4O5. The lowest BCUT2D eigenvalue weighted by Crippen LogP contribution is -2.32. The molecule has 3 heterocycles. The lowest BCUT2D eigenvalue weighted by atomic mass is 10.1. The van der Waals surface area contributed by atoms with Crippen LogP contribution in [0.2, 0.25) is 5.22 Å². The number of carbonyl (C=O) groups is 1. The Morgan fingerprint density at radius 1 is 1.37 bits per heavy atom. The molecule has 0 unspecified atom stereocenters. The third kappa shape index (κ3) is 3.61. The van der Waals surface area contributed by atoms with Gasteiger partial charge in [-0.1, -0.05) is 0 Å². The van der Waals surface area contributed by atoms with Crippen molar-refractivity contribution in [1.82, 2.24) is 14.5 Å². The van der Waals surface area contributed by atoms with Crippen LogP contribution < -0.4 is 5.32 Å². The molecule has 3 aromatic rings. The number of hydrogen-bond donors (Lipinski definition) is 4. The average Bonchev–Trinajstić information content (AvgIpc) is 3.39. The van der Waals surface area contributed by atoms with E-state index in [4.69, 9.17) is 16.0 Å². The van der Waals surface area contributed by atoms with Crippen LogP contribution in [0.25, 0.3) is 11.2 Å². The molecule has 10 heteroatoms. The molecule has 0 aliphatic heterocycles. The van der Waals surface area contributed by atoms with E-state index in [9.17, 15) is 20.1 Å². The van der Waals surface area contributed by atoms with Crippen molar-refractivity contribution in [2.24, 2.45) is 5.92 Å². The predicted molar refractivity (Wildman–Crippen MR) is 108 cm³/mol. The van der Waals surface area contributed by atoms with Crippen LogP contribution in [0.5, 0.6) is 0 Å². The summed E-state index contributed by atoms with van der Waals surface area (Å²) < 4.78 is 6.83. The summed E-state index contributed by atoms with van der Waals surface area (Å²) in [4.78, 5) is 20.3. The Bertz CT molecular complexity index is 1160. The van der Waals surface area contributed by atoms with Crippen LogP contribution in [-0.4, -0.2) is 54.6 Å². The first kappa shape index (κ1) is 20.2. The molecule has 0 radical (unpaired) electrons. The van der Waals surface area contributed by atoms with Crippen molar-refractivity contribution >= 4 is 34.4 Å². The monoisotopic (exact) mass is 430 g/mol. The van der Waals surface area contributed by atoms with Crippen molar-refractivity contribution < 1.29 is 24.5 Å². The first-order valence-corrected chi connectivity index (χ1v) is 9.74. The molecule has 0 spiro atoms. The van der Waals surface area contributed by atoms with E-state index in [1.165, 1.54) is 6.33 Å². The molecule has 1 fully saturated rings. The number of pyridine rings is 1. The third-order valence-electron chi connectivity index (χ3n) is 5.11. The Kier molecular flexibility index (Phi) is 5.39. The number of hydrogen-bond acceptors (Lipinski definition) is 7. The van der Waals surface area contributed by atoms with E-state index in [1.54, 1.807) is 22.8 Å². The van der Waals surface area contributed by atoms with Crippen molar-refractivity contribution in [2.45, 2.75) is 31.6 Å². The van der Waals surface area contributed by atoms with Gasteiger partial charge in [-0.15, -0.1) is 0 Å². The molecule has 0 aromatic carbocycles. The number of nitrogens with zero attached hydrogens (tertiary/aromatic N) is 3. The topological polar surface area (TPSA) is 134 Å². The Balaban J connectivity index is 1.78. The van der Waals surface area contributed by atoms with Gasteiger partial charge in [0.25, 0.3) is 0 Å². The second kappa shape index (κ2) is 7.99. The quantitative estimate of drug-likeness (QED) is 0.461. The molecule has 1 aliphatic carbocycles. The van der Waals surface area contributed by atoms with Crippen LogP contribution in [0.4, 0.5) is 5.69 Å². The summed E-state index contributed by atoms with van der Waals surface area (Å²) in [5.74, 6) is 3.93. The standard InChI is InChI=1S/C20H19ClN4O5/c1-2-22-13-7-10(3-4-11-5-6-15(21)30-11)24-19-16(13)23-9-25(19)14-8-12(20(28)29)17(26)18(14)27/h5-7,9,12,14,17-18,26-27H,2,8H2,1H3,(H,22,24)(H,28,29)/t12-,14+,17+,18-/m0/s1. The highest BCUT2D eigenvalue weighted by Gasteiger charge is 2.46. The first-order chi connectivity index (χ1) is 14.4. The lowest BCUT2D eigenvalue weighted by molar-refractivity contribution is -0.145. The second-order valence-corrected chi connectivity index (χ2v) is 7.36. The summed E-state index contributed by atoms with van der Waals surface area (Å²) in [7, 11) is 0. The van der Waals surface area contributed by atoms with Gasteiger partial charge in [0.15, 0.2) is 16.6 Å². The van der Waals surface area contributed by atoms with E-state index in [0.717, 1.165) is 0 Å².